The summed E-state index contributed by atoms with van der Waals surface area (Å²) in [6.07, 6.45) is 9.17. The Morgan fingerprint density at radius 3 is 2.65 bits per heavy atom. The highest BCUT2D eigenvalue weighted by Gasteiger charge is 2.06. The van der Waals surface area contributed by atoms with E-state index in [1.165, 1.54) is 12.1 Å². The summed E-state index contributed by atoms with van der Waals surface area (Å²) < 4.78 is 0. The molecule has 0 spiro atoms. The number of aryl methyl sites for hydroxylation is 1. The van der Waals surface area contributed by atoms with Gasteiger partial charge in [0.2, 0.25) is 0 Å². The molecule has 0 aliphatic rings. The summed E-state index contributed by atoms with van der Waals surface area (Å²) in [4.78, 5) is 18.8. The Labute approximate surface area is 116 Å². The molecule has 0 atom stereocenters. The van der Waals surface area contributed by atoms with Gasteiger partial charge >= 0.3 is 0 Å². The van der Waals surface area contributed by atoms with Crippen LogP contribution in [-0.4, -0.2) is 14.9 Å². The van der Waals surface area contributed by atoms with Crippen LogP contribution < -0.4 is 0 Å². The fraction of sp³-hybridized carbons (Fsp3) is 0.200. The minimum Gasteiger partial charge on any atom is -0.258 e. The predicted molar refractivity (Wildman–Crippen MR) is 75.9 cm³/mol. The molecule has 5 nitrogen and oxygen atoms in total. The highest BCUT2D eigenvalue weighted by atomic mass is 16.6. The van der Waals surface area contributed by atoms with E-state index < -0.39 is 4.92 Å². The molecule has 20 heavy (non-hydrogen) atoms. The molecule has 0 N–H and O–H groups in total. The number of rotatable bonds is 5. The van der Waals surface area contributed by atoms with Gasteiger partial charge in [0.25, 0.3) is 5.69 Å². The van der Waals surface area contributed by atoms with Crippen molar-refractivity contribution in [1.29, 1.82) is 0 Å². The zero-order chi connectivity index (χ0) is 14.4. The lowest BCUT2D eigenvalue weighted by atomic mass is 10.1. The number of aromatic nitrogens is 2. The Morgan fingerprint density at radius 1 is 1.25 bits per heavy atom. The van der Waals surface area contributed by atoms with Crippen LogP contribution in [0.5, 0.6) is 0 Å². The van der Waals surface area contributed by atoms with Crippen molar-refractivity contribution in [3.8, 4) is 23.6 Å². The van der Waals surface area contributed by atoms with Gasteiger partial charge < -0.3 is 0 Å². The van der Waals surface area contributed by atoms with Crippen molar-refractivity contribution in [2.75, 3.05) is 0 Å². The van der Waals surface area contributed by atoms with E-state index in [4.69, 9.17) is 6.42 Å². The lowest BCUT2D eigenvalue weighted by Crippen LogP contribution is -1.96. The number of benzene rings is 1. The minimum absolute atomic E-state index is 0.0667. The third kappa shape index (κ3) is 3.39. The van der Waals surface area contributed by atoms with Crippen LogP contribution in [0.25, 0.3) is 11.3 Å². The maximum atomic E-state index is 10.6. The van der Waals surface area contributed by atoms with Crippen LogP contribution in [0, 0.1) is 22.5 Å². The number of terminal acetylenes is 1. The molecule has 0 unspecified atom stereocenters. The Balaban J connectivity index is 2.18. The van der Waals surface area contributed by atoms with Crippen molar-refractivity contribution in [3.63, 3.8) is 0 Å². The van der Waals surface area contributed by atoms with Gasteiger partial charge in [-0.1, -0.05) is 0 Å². The molecule has 0 saturated carbocycles. The van der Waals surface area contributed by atoms with E-state index in [2.05, 4.69) is 15.9 Å². The number of hydrogen-bond acceptors (Lipinski definition) is 4. The average molecular weight is 267 g/mol. The smallest absolute Gasteiger partial charge is 0.258 e. The fourth-order valence-corrected chi connectivity index (χ4v) is 1.78. The van der Waals surface area contributed by atoms with Crippen molar-refractivity contribution in [2.45, 2.75) is 19.3 Å². The van der Waals surface area contributed by atoms with Crippen molar-refractivity contribution >= 4 is 5.69 Å². The molecular formula is C15H13N3O2. The third-order valence-electron chi connectivity index (χ3n) is 2.80. The quantitative estimate of drug-likeness (QED) is 0.361. The second-order valence-electron chi connectivity index (χ2n) is 4.22. The van der Waals surface area contributed by atoms with Gasteiger partial charge in [0.15, 0.2) is 0 Å². The summed E-state index contributed by atoms with van der Waals surface area (Å²) in [7, 11) is 0. The summed E-state index contributed by atoms with van der Waals surface area (Å²) in [6, 6.07) is 8.09. The van der Waals surface area contributed by atoms with Crippen molar-refractivity contribution in [2.24, 2.45) is 0 Å². The van der Waals surface area contributed by atoms with E-state index in [-0.39, 0.29) is 5.69 Å². The second-order valence-corrected chi connectivity index (χ2v) is 4.22. The van der Waals surface area contributed by atoms with Crippen molar-refractivity contribution in [1.82, 2.24) is 9.97 Å². The Bertz CT molecular complexity index is 645. The predicted octanol–water partition coefficient (Wildman–Crippen LogP) is 3.01. The van der Waals surface area contributed by atoms with Gasteiger partial charge in [-0.25, -0.2) is 9.97 Å². The summed E-state index contributed by atoms with van der Waals surface area (Å²) in [5.74, 6) is 3.31. The summed E-state index contributed by atoms with van der Waals surface area (Å²) in [5, 5.41) is 10.6. The first-order valence-corrected chi connectivity index (χ1v) is 6.21. The molecule has 0 amide bonds. The average Bonchev–Trinajstić information content (AvgIpc) is 2.48. The topological polar surface area (TPSA) is 68.9 Å². The Hall–Kier alpha value is -2.74. The molecule has 100 valence electrons. The van der Waals surface area contributed by atoms with Crippen LogP contribution in [0.4, 0.5) is 5.69 Å². The monoisotopic (exact) mass is 267 g/mol. The molecule has 1 aromatic heterocycles. The second kappa shape index (κ2) is 6.43. The number of hydrogen-bond donors (Lipinski definition) is 0. The molecule has 2 aromatic rings. The zero-order valence-corrected chi connectivity index (χ0v) is 10.8. The van der Waals surface area contributed by atoms with Crippen LogP contribution in [0.2, 0.25) is 0 Å². The molecule has 2 rings (SSSR count). The molecule has 0 aliphatic heterocycles. The maximum absolute atomic E-state index is 10.6. The van der Waals surface area contributed by atoms with Crippen molar-refractivity contribution < 1.29 is 4.92 Å². The standard InChI is InChI=1S/C15H13N3O2/c1-2-3-4-5-15-16-11-10-14(17-15)12-6-8-13(9-7-12)18(19)20/h1,6-11H,3-5H2. The number of non-ortho nitro benzene ring substituents is 1. The van der Waals surface area contributed by atoms with Gasteiger partial charge in [-0.15, -0.1) is 12.3 Å². The third-order valence-corrected chi connectivity index (χ3v) is 2.80. The SMILES string of the molecule is C#CCCCc1nccc(-c2ccc([N+](=O)[O-])cc2)n1. The van der Waals surface area contributed by atoms with E-state index in [0.717, 1.165) is 29.9 Å². The number of nitrogens with zero attached hydrogens (tertiary/aromatic N) is 3. The molecule has 1 aromatic carbocycles. The lowest BCUT2D eigenvalue weighted by Gasteiger charge is -2.03. The molecule has 1 heterocycles. The van der Waals surface area contributed by atoms with E-state index in [0.29, 0.717) is 6.42 Å². The van der Waals surface area contributed by atoms with Crippen LogP contribution in [-0.2, 0) is 6.42 Å². The molecule has 0 aliphatic carbocycles. The van der Waals surface area contributed by atoms with Gasteiger partial charge in [0.1, 0.15) is 5.82 Å². The summed E-state index contributed by atoms with van der Waals surface area (Å²) in [5.41, 5.74) is 1.65. The minimum atomic E-state index is -0.422. The summed E-state index contributed by atoms with van der Waals surface area (Å²) >= 11 is 0. The highest BCUT2D eigenvalue weighted by Crippen LogP contribution is 2.20. The van der Waals surface area contributed by atoms with Gasteiger partial charge in [0, 0.05) is 36.7 Å². The van der Waals surface area contributed by atoms with E-state index in [1.807, 2.05) is 0 Å². The Morgan fingerprint density at radius 2 is 2.00 bits per heavy atom. The van der Waals surface area contributed by atoms with Crippen LogP contribution >= 0.6 is 0 Å². The highest BCUT2D eigenvalue weighted by molar-refractivity contribution is 5.60. The van der Waals surface area contributed by atoms with Crippen LogP contribution in [0.15, 0.2) is 36.5 Å². The lowest BCUT2D eigenvalue weighted by molar-refractivity contribution is -0.384. The summed E-state index contributed by atoms with van der Waals surface area (Å²) in [6.45, 7) is 0. The zero-order valence-electron chi connectivity index (χ0n) is 10.8. The first-order valence-electron chi connectivity index (χ1n) is 6.21. The van der Waals surface area contributed by atoms with E-state index in [9.17, 15) is 10.1 Å². The number of nitro benzene ring substituents is 1. The van der Waals surface area contributed by atoms with Gasteiger partial charge in [-0.3, -0.25) is 10.1 Å². The fourth-order valence-electron chi connectivity index (χ4n) is 1.78. The number of nitro groups is 1. The molecule has 5 heteroatoms. The molecular weight excluding hydrogens is 254 g/mol. The first kappa shape index (κ1) is 13.7. The van der Waals surface area contributed by atoms with E-state index >= 15 is 0 Å². The van der Waals surface area contributed by atoms with E-state index in [1.54, 1.807) is 24.4 Å². The molecule has 0 radical (unpaired) electrons. The number of unbranched alkanes of at least 4 members (excludes halogenated alkanes) is 1. The van der Waals surface area contributed by atoms with Gasteiger partial charge in [-0.05, 0) is 24.6 Å². The maximum Gasteiger partial charge on any atom is 0.269 e. The van der Waals surface area contributed by atoms with Gasteiger partial charge in [0.05, 0.1) is 10.6 Å². The Kier molecular flexibility index (Phi) is 4.40. The molecule has 0 fully saturated rings. The first-order chi connectivity index (χ1) is 9.70. The van der Waals surface area contributed by atoms with Crippen LogP contribution in [0.1, 0.15) is 18.7 Å². The molecule has 0 bridgehead atoms. The van der Waals surface area contributed by atoms with Gasteiger partial charge in [-0.2, -0.15) is 0 Å². The van der Waals surface area contributed by atoms with Crippen molar-refractivity contribution in [3.05, 3.63) is 52.5 Å². The largest absolute Gasteiger partial charge is 0.269 e. The normalized spacial score (nSPS) is 9.95. The molecule has 0 saturated heterocycles. The van der Waals surface area contributed by atoms with Crippen LogP contribution in [0.3, 0.4) is 0 Å².